The summed E-state index contributed by atoms with van der Waals surface area (Å²) < 4.78 is 22.4. The van der Waals surface area contributed by atoms with E-state index in [2.05, 4.69) is 5.32 Å². The average Bonchev–Trinajstić information content (AvgIpc) is 2.32. The number of benzene rings is 1. The predicted octanol–water partition coefficient (Wildman–Crippen LogP) is 1.50. The molecule has 3 N–H and O–H groups in total. The summed E-state index contributed by atoms with van der Waals surface area (Å²) in [5.41, 5.74) is 8.63. The number of aryl methyl sites for hydroxylation is 1. The average molecular weight is 270 g/mol. The lowest BCUT2D eigenvalue weighted by molar-refractivity contribution is 0.426. The Morgan fingerprint density at radius 2 is 2.17 bits per heavy atom. The largest absolute Gasteiger partial charge is 0.760 e. The van der Waals surface area contributed by atoms with E-state index in [4.69, 9.17) is 5.73 Å². The van der Waals surface area contributed by atoms with Crippen LogP contribution in [0.15, 0.2) is 18.2 Å². The first kappa shape index (κ1) is 14.9. The Morgan fingerprint density at radius 1 is 1.44 bits per heavy atom. The van der Waals surface area contributed by atoms with E-state index in [0.717, 1.165) is 36.3 Å². The molecule has 102 valence electrons. The van der Waals surface area contributed by atoms with E-state index in [-0.39, 0.29) is 0 Å². The van der Waals surface area contributed by atoms with Crippen molar-refractivity contribution >= 4 is 22.6 Å². The fourth-order valence-electron chi connectivity index (χ4n) is 1.55. The van der Waals surface area contributed by atoms with Crippen molar-refractivity contribution in [2.45, 2.75) is 19.8 Å². The van der Waals surface area contributed by atoms with E-state index in [1.165, 1.54) is 4.31 Å². The molecule has 1 aromatic carbocycles. The van der Waals surface area contributed by atoms with Crippen LogP contribution in [0.25, 0.3) is 0 Å². The maximum absolute atomic E-state index is 10.6. The maximum atomic E-state index is 10.6. The van der Waals surface area contributed by atoms with Gasteiger partial charge in [-0.1, -0.05) is 0 Å². The minimum absolute atomic E-state index is 0.554. The molecule has 0 bridgehead atoms. The lowest BCUT2D eigenvalue weighted by Gasteiger charge is -2.18. The van der Waals surface area contributed by atoms with Gasteiger partial charge in [0, 0.05) is 35.7 Å². The molecule has 0 aliphatic heterocycles. The van der Waals surface area contributed by atoms with Gasteiger partial charge in [-0.25, -0.2) is 4.31 Å². The maximum Gasteiger partial charge on any atom is 0.0345 e. The second-order valence-electron chi connectivity index (χ2n) is 4.27. The van der Waals surface area contributed by atoms with Crippen molar-refractivity contribution < 1.29 is 8.76 Å². The molecule has 0 spiro atoms. The van der Waals surface area contributed by atoms with Crippen molar-refractivity contribution in [1.82, 2.24) is 4.31 Å². The van der Waals surface area contributed by atoms with Crippen LogP contribution in [-0.4, -0.2) is 33.2 Å². The van der Waals surface area contributed by atoms with E-state index in [0.29, 0.717) is 6.54 Å². The van der Waals surface area contributed by atoms with Crippen molar-refractivity contribution in [3.8, 4) is 0 Å². The molecule has 6 heteroatoms. The summed E-state index contributed by atoms with van der Waals surface area (Å²) in [6, 6.07) is 5.83. The number of nitrogens with one attached hydrogen (secondary N) is 1. The van der Waals surface area contributed by atoms with Gasteiger partial charge in [-0.05, 0) is 50.6 Å². The number of nitrogen functional groups attached to an aromatic ring is 1. The summed E-state index contributed by atoms with van der Waals surface area (Å²) in [6.45, 7) is 3.35. The first-order valence-corrected chi connectivity index (χ1v) is 6.94. The van der Waals surface area contributed by atoms with Gasteiger partial charge in [0.25, 0.3) is 0 Å². The van der Waals surface area contributed by atoms with Gasteiger partial charge >= 0.3 is 0 Å². The molecule has 0 radical (unpaired) electrons. The third-order valence-corrected chi connectivity index (χ3v) is 3.44. The van der Waals surface area contributed by atoms with Crippen molar-refractivity contribution in [2.75, 3.05) is 31.2 Å². The third kappa shape index (κ3) is 5.03. The lowest BCUT2D eigenvalue weighted by Crippen LogP contribution is -2.22. The van der Waals surface area contributed by atoms with Gasteiger partial charge in [0.15, 0.2) is 0 Å². The molecule has 0 saturated heterocycles. The van der Waals surface area contributed by atoms with E-state index < -0.39 is 11.3 Å². The van der Waals surface area contributed by atoms with Crippen LogP contribution in [0.1, 0.15) is 18.4 Å². The zero-order valence-electron chi connectivity index (χ0n) is 10.8. The molecule has 0 aliphatic rings. The third-order valence-electron chi connectivity index (χ3n) is 2.75. The molecular formula is C12H20N3O2S-. The molecule has 1 unspecified atom stereocenters. The summed E-state index contributed by atoms with van der Waals surface area (Å²) in [7, 11) is 1.57. The van der Waals surface area contributed by atoms with Crippen molar-refractivity contribution in [1.29, 1.82) is 0 Å². The molecule has 0 aliphatic carbocycles. The SMILES string of the molecule is Cc1cc(NCCCCN(C)S(=O)[O-])ccc1N. The Balaban J connectivity index is 2.22. The number of nitrogens with two attached hydrogens (primary N) is 1. The predicted molar refractivity (Wildman–Crippen MR) is 74.9 cm³/mol. The van der Waals surface area contributed by atoms with Crippen LogP contribution in [0.2, 0.25) is 0 Å². The first-order chi connectivity index (χ1) is 8.50. The Kier molecular flexibility index (Phi) is 6.11. The summed E-state index contributed by atoms with van der Waals surface area (Å²) >= 11 is -2.11. The van der Waals surface area contributed by atoms with Gasteiger partial charge in [-0.2, -0.15) is 0 Å². The molecule has 0 heterocycles. The highest BCUT2D eigenvalue weighted by Crippen LogP contribution is 2.16. The molecule has 1 rings (SSSR count). The highest BCUT2D eigenvalue weighted by atomic mass is 32.2. The van der Waals surface area contributed by atoms with Crippen LogP contribution in [-0.2, 0) is 11.3 Å². The Labute approximate surface area is 111 Å². The summed E-state index contributed by atoms with van der Waals surface area (Å²) in [5.74, 6) is 0. The minimum Gasteiger partial charge on any atom is -0.760 e. The van der Waals surface area contributed by atoms with Gasteiger partial charge in [0.05, 0.1) is 0 Å². The zero-order chi connectivity index (χ0) is 13.5. The van der Waals surface area contributed by atoms with Crippen LogP contribution in [0.5, 0.6) is 0 Å². The molecule has 0 aromatic heterocycles. The Hall–Kier alpha value is -1.11. The molecule has 0 fully saturated rings. The number of unbranched alkanes of at least 4 members (excludes halogenated alkanes) is 1. The van der Waals surface area contributed by atoms with Crippen molar-refractivity contribution in [2.24, 2.45) is 0 Å². The van der Waals surface area contributed by atoms with Crippen LogP contribution in [0.4, 0.5) is 11.4 Å². The molecule has 1 atom stereocenters. The standard InChI is InChI=1S/C12H21N3O2S/c1-10-9-11(5-6-12(10)13)14-7-3-4-8-15(2)18(16)17/h5-6,9,14H,3-4,7-8,13H2,1-2H3,(H,16,17)/p-1. The molecule has 1 aromatic rings. The number of hydrogen-bond donors (Lipinski definition) is 2. The molecule has 0 saturated carbocycles. The van der Waals surface area contributed by atoms with Gasteiger partial charge in [-0.3, -0.25) is 4.21 Å². The van der Waals surface area contributed by atoms with Gasteiger partial charge < -0.3 is 15.6 Å². The summed E-state index contributed by atoms with van der Waals surface area (Å²) in [6.07, 6.45) is 1.76. The second kappa shape index (κ2) is 7.35. The zero-order valence-corrected chi connectivity index (χ0v) is 11.6. The van der Waals surface area contributed by atoms with E-state index in [1.54, 1.807) is 7.05 Å². The fourth-order valence-corrected chi connectivity index (χ4v) is 1.83. The van der Waals surface area contributed by atoms with Gasteiger partial charge in [-0.15, -0.1) is 0 Å². The number of hydrogen-bond acceptors (Lipinski definition) is 4. The van der Waals surface area contributed by atoms with E-state index in [9.17, 15) is 8.76 Å². The topological polar surface area (TPSA) is 81.4 Å². The Morgan fingerprint density at radius 3 is 2.78 bits per heavy atom. The van der Waals surface area contributed by atoms with Crippen molar-refractivity contribution in [3.63, 3.8) is 0 Å². The van der Waals surface area contributed by atoms with E-state index >= 15 is 0 Å². The fraction of sp³-hybridized carbons (Fsp3) is 0.500. The van der Waals surface area contributed by atoms with E-state index in [1.807, 2.05) is 25.1 Å². The van der Waals surface area contributed by atoms with Crippen molar-refractivity contribution in [3.05, 3.63) is 23.8 Å². The highest BCUT2D eigenvalue weighted by molar-refractivity contribution is 7.76. The van der Waals surface area contributed by atoms with Crippen LogP contribution in [0, 0.1) is 6.92 Å². The molecule has 5 nitrogen and oxygen atoms in total. The minimum atomic E-state index is -2.11. The monoisotopic (exact) mass is 270 g/mol. The lowest BCUT2D eigenvalue weighted by atomic mass is 10.2. The molecule has 0 amide bonds. The smallest absolute Gasteiger partial charge is 0.0345 e. The van der Waals surface area contributed by atoms with Crippen LogP contribution < -0.4 is 11.1 Å². The van der Waals surface area contributed by atoms with Gasteiger partial charge in [0.2, 0.25) is 0 Å². The van der Waals surface area contributed by atoms with Crippen LogP contribution in [0.3, 0.4) is 0 Å². The quantitative estimate of drug-likeness (QED) is 0.447. The summed E-state index contributed by atoms with van der Waals surface area (Å²) in [4.78, 5) is 0. The second-order valence-corrected chi connectivity index (χ2v) is 5.33. The normalized spacial score (nSPS) is 12.7. The first-order valence-electron chi connectivity index (χ1n) is 5.91. The molecule has 18 heavy (non-hydrogen) atoms. The Bertz CT molecular complexity index is 412. The summed E-state index contributed by atoms with van der Waals surface area (Å²) in [5, 5.41) is 3.29. The van der Waals surface area contributed by atoms with Gasteiger partial charge in [0.1, 0.15) is 0 Å². The van der Waals surface area contributed by atoms with Crippen LogP contribution >= 0.6 is 0 Å². The molecular weight excluding hydrogens is 250 g/mol. The number of rotatable bonds is 7. The highest BCUT2D eigenvalue weighted by Gasteiger charge is 1.98. The number of nitrogens with zero attached hydrogens (tertiary/aromatic N) is 1. The number of anilines is 2.